The van der Waals surface area contributed by atoms with Crippen molar-refractivity contribution in [3.05, 3.63) is 71.2 Å². The summed E-state index contributed by atoms with van der Waals surface area (Å²) >= 11 is 0. The number of H-pyrrole nitrogens is 1. The Morgan fingerprint density at radius 2 is 2.12 bits per heavy atom. The quantitative estimate of drug-likeness (QED) is 0.738. The van der Waals surface area contributed by atoms with E-state index in [4.69, 9.17) is 0 Å². The molecule has 1 aromatic heterocycles. The van der Waals surface area contributed by atoms with Crippen LogP contribution in [0.15, 0.2) is 48.5 Å². The van der Waals surface area contributed by atoms with Gasteiger partial charge < -0.3 is 9.88 Å². The molecule has 2 aromatic carbocycles. The monoisotopic (exact) mass is 350 g/mol. The van der Waals surface area contributed by atoms with Gasteiger partial charge in [-0.3, -0.25) is 4.79 Å². The van der Waals surface area contributed by atoms with Gasteiger partial charge in [0.05, 0.1) is 6.42 Å². The summed E-state index contributed by atoms with van der Waals surface area (Å²) in [6.07, 6.45) is 2.33. The van der Waals surface area contributed by atoms with E-state index in [2.05, 4.69) is 36.2 Å². The first kappa shape index (κ1) is 16.8. The van der Waals surface area contributed by atoms with Crippen LogP contribution >= 0.6 is 0 Å². The van der Waals surface area contributed by atoms with Crippen LogP contribution in [0.3, 0.4) is 0 Å². The topological polar surface area (TPSA) is 36.1 Å². The second-order valence-corrected chi connectivity index (χ2v) is 7.30. The molecule has 0 radical (unpaired) electrons. The highest BCUT2D eigenvalue weighted by atomic mass is 19.1. The summed E-state index contributed by atoms with van der Waals surface area (Å²) in [5, 5.41) is 1.23. The van der Waals surface area contributed by atoms with Crippen molar-refractivity contribution >= 4 is 16.8 Å². The molecule has 1 fully saturated rings. The van der Waals surface area contributed by atoms with Crippen LogP contribution in [-0.2, 0) is 11.2 Å². The van der Waals surface area contributed by atoms with Gasteiger partial charge in [-0.05, 0) is 61.0 Å². The lowest BCUT2D eigenvalue weighted by atomic mass is 9.94. The second kappa shape index (κ2) is 6.94. The normalized spacial score (nSPS) is 17.6. The lowest BCUT2D eigenvalue weighted by Gasteiger charge is -2.32. The maximum Gasteiger partial charge on any atom is 0.227 e. The minimum Gasteiger partial charge on any atom is -0.358 e. The number of likely N-dealkylation sites (tertiary alicyclic amines) is 1. The molecule has 4 heteroatoms. The highest BCUT2D eigenvalue weighted by Gasteiger charge is 2.25. The van der Waals surface area contributed by atoms with Gasteiger partial charge in [0.2, 0.25) is 5.91 Å². The molecule has 3 aromatic rings. The van der Waals surface area contributed by atoms with Gasteiger partial charge in [-0.2, -0.15) is 0 Å². The molecule has 1 unspecified atom stereocenters. The summed E-state index contributed by atoms with van der Waals surface area (Å²) in [5.74, 6) is 0.111. The maximum absolute atomic E-state index is 13.3. The largest absolute Gasteiger partial charge is 0.358 e. The smallest absolute Gasteiger partial charge is 0.227 e. The molecule has 0 spiro atoms. The summed E-state index contributed by atoms with van der Waals surface area (Å²) in [7, 11) is 0. The van der Waals surface area contributed by atoms with Crippen molar-refractivity contribution in [2.45, 2.75) is 32.1 Å². The van der Waals surface area contributed by atoms with Crippen molar-refractivity contribution in [2.75, 3.05) is 13.1 Å². The van der Waals surface area contributed by atoms with Crippen molar-refractivity contribution in [3.8, 4) is 0 Å². The van der Waals surface area contributed by atoms with Crippen LogP contribution in [0.5, 0.6) is 0 Å². The van der Waals surface area contributed by atoms with E-state index in [-0.39, 0.29) is 18.1 Å². The molecule has 0 aliphatic carbocycles. The average molecular weight is 350 g/mol. The second-order valence-electron chi connectivity index (χ2n) is 7.30. The molecule has 1 aliphatic rings. The number of hydrogen-bond donors (Lipinski definition) is 1. The summed E-state index contributed by atoms with van der Waals surface area (Å²) in [4.78, 5) is 18.1. The first-order valence-corrected chi connectivity index (χ1v) is 9.20. The SMILES string of the molecule is Cc1ccc2[nH]c(C3CCCN(C(=O)Cc4cccc(F)c4)C3)cc2c1. The lowest BCUT2D eigenvalue weighted by molar-refractivity contribution is -0.131. The van der Waals surface area contributed by atoms with Gasteiger partial charge in [0.25, 0.3) is 0 Å². The number of aromatic nitrogens is 1. The number of aromatic amines is 1. The molecule has 0 saturated carbocycles. The Bertz CT molecular complexity index is 946. The number of aryl methyl sites for hydroxylation is 1. The van der Waals surface area contributed by atoms with Crippen molar-refractivity contribution < 1.29 is 9.18 Å². The van der Waals surface area contributed by atoms with Gasteiger partial charge >= 0.3 is 0 Å². The Morgan fingerprint density at radius 3 is 2.96 bits per heavy atom. The van der Waals surface area contributed by atoms with E-state index in [0.717, 1.165) is 37.0 Å². The first-order valence-electron chi connectivity index (χ1n) is 9.20. The van der Waals surface area contributed by atoms with E-state index in [1.54, 1.807) is 6.07 Å². The third kappa shape index (κ3) is 3.50. The Labute approximate surface area is 152 Å². The number of halogens is 1. The van der Waals surface area contributed by atoms with E-state index in [1.165, 1.54) is 28.8 Å². The zero-order valence-electron chi connectivity index (χ0n) is 15.0. The zero-order valence-corrected chi connectivity index (χ0v) is 15.0. The minimum atomic E-state index is -0.291. The fourth-order valence-electron chi connectivity index (χ4n) is 3.89. The molecule has 1 amide bonds. The predicted octanol–water partition coefficient (Wildman–Crippen LogP) is 4.56. The van der Waals surface area contributed by atoms with Crippen molar-refractivity contribution in [2.24, 2.45) is 0 Å². The first-order chi connectivity index (χ1) is 12.6. The fraction of sp³-hybridized carbons (Fsp3) is 0.318. The van der Waals surface area contributed by atoms with Crippen LogP contribution in [0, 0.1) is 12.7 Å². The van der Waals surface area contributed by atoms with E-state index < -0.39 is 0 Å². The Morgan fingerprint density at radius 1 is 1.23 bits per heavy atom. The van der Waals surface area contributed by atoms with E-state index in [1.807, 2.05) is 11.0 Å². The third-order valence-corrected chi connectivity index (χ3v) is 5.26. The van der Waals surface area contributed by atoms with Crippen molar-refractivity contribution in [3.63, 3.8) is 0 Å². The number of hydrogen-bond acceptors (Lipinski definition) is 1. The molecule has 3 nitrogen and oxygen atoms in total. The van der Waals surface area contributed by atoms with Crippen LogP contribution in [0.2, 0.25) is 0 Å². The van der Waals surface area contributed by atoms with Gasteiger partial charge in [-0.1, -0.05) is 23.8 Å². The van der Waals surface area contributed by atoms with E-state index in [0.29, 0.717) is 5.92 Å². The molecule has 2 heterocycles. The molecule has 1 atom stereocenters. The van der Waals surface area contributed by atoms with Gasteiger partial charge in [0.15, 0.2) is 0 Å². The van der Waals surface area contributed by atoms with Crippen LogP contribution in [0.25, 0.3) is 10.9 Å². The van der Waals surface area contributed by atoms with Crippen molar-refractivity contribution in [1.29, 1.82) is 0 Å². The van der Waals surface area contributed by atoms with Crippen LogP contribution in [0.4, 0.5) is 4.39 Å². The average Bonchev–Trinajstić information content (AvgIpc) is 3.05. The third-order valence-electron chi connectivity index (χ3n) is 5.26. The number of nitrogens with zero attached hydrogens (tertiary/aromatic N) is 1. The predicted molar refractivity (Wildman–Crippen MR) is 102 cm³/mol. The molecular weight excluding hydrogens is 327 g/mol. The molecule has 1 saturated heterocycles. The highest BCUT2D eigenvalue weighted by Crippen LogP contribution is 2.29. The fourth-order valence-corrected chi connectivity index (χ4v) is 3.89. The Hall–Kier alpha value is -2.62. The number of rotatable bonds is 3. The molecule has 4 rings (SSSR count). The molecule has 1 N–H and O–H groups in total. The Balaban J connectivity index is 1.48. The summed E-state index contributed by atoms with van der Waals surface area (Å²) in [5.41, 5.74) is 4.33. The van der Waals surface area contributed by atoms with Crippen LogP contribution in [0.1, 0.15) is 35.6 Å². The summed E-state index contributed by atoms with van der Waals surface area (Å²) in [6, 6.07) is 14.9. The van der Waals surface area contributed by atoms with Crippen LogP contribution in [-0.4, -0.2) is 28.9 Å². The number of carbonyl (C=O) groups is 1. The van der Waals surface area contributed by atoms with Crippen molar-refractivity contribution in [1.82, 2.24) is 9.88 Å². The Kier molecular flexibility index (Phi) is 4.49. The zero-order chi connectivity index (χ0) is 18.1. The van der Waals surface area contributed by atoms with Gasteiger partial charge in [-0.15, -0.1) is 0 Å². The number of piperidine rings is 1. The lowest BCUT2D eigenvalue weighted by Crippen LogP contribution is -2.40. The number of fused-ring (bicyclic) bond motifs is 1. The molecule has 0 bridgehead atoms. The van der Waals surface area contributed by atoms with Gasteiger partial charge in [0.1, 0.15) is 5.82 Å². The number of carbonyl (C=O) groups excluding carboxylic acids is 1. The van der Waals surface area contributed by atoms with E-state index in [9.17, 15) is 9.18 Å². The summed E-state index contributed by atoms with van der Waals surface area (Å²) in [6.45, 7) is 3.60. The molecule has 134 valence electrons. The highest BCUT2D eigenvalue weighted by molar-refractivity contribution is 5.81. The maximum atomic E-state index is 13.3. The van der Waals surface area contributed by atoms with Crippen LogP contribution < -0.4 is 0 Å². The van der Waals surface area contributed by atoms with E-state index >= 15 is 0 Å². The van der Waals surface area contributed by atoms with Gasteiger partial charge in [-0.25, -0.2) is 4.39 Å². The summed E-state index contributed by atoms with van der Waals surface area (Å²) < 4.78 is 13.3. The number of benzene rings is 2. The number of amides is 1. The standard InChI is InChI=1S/C22H23FN2O/c1-15-7-8-20-18(10-15)13-21(24-20)17-5-3-9-25(14-17)22(26)12-16-4-2-6-19(23)11-16/h2,4,6-8,10-11,13,17,24H,3,5,9,12,14H2,1H3. The molecule has 26 heavy (non-hydrogen) atoms. The van der Waals surface area contributed by atoms with Gasteiger partial charge in [0, 0.05) is 30.2 Å². The molecular formula is C22H23FN2O. The number of nitrogens with one attached hydrogen (secondary N) is 1. The molecule has 1 aliphatic heterocycles. The minimum absolute atomic E-state index is 0.0762.